The minimum atomic E-state index is -0.277. The summed E-state index contributed by atoms with van der Waals surface area (Å²) in [5, 5.41) is 9.30. The summed E-state index contributed by atoms with van der Waals surface area (Å²) in [6.07, 6.45) is -0.162. The number of thiophene rings is 1. The Morgan fingerprint density at radius 2 is 2.40 bits per heavy atom. The van der Waals surface area contributed by atoms with Crippen molar-refractivity contribution in [1.82, 2.24) is 10.3 Å². The number of nitrogens with zero attached hydrogens (tertiary/aromatic N) is 1. The van der Waals surface area contributed by atoms with Gasteiger partial charge in [-0.3, -0.25) is 15.1 Å². The number of aliphatic hydroxyl groups excluding tert-OH is 1. The minimum Gasteiger partial charge on any atom is -0.394 e. The Morgan fingerprint density at radius 3 is 3.05 bits per heavy atom. The van der Waals surface area contributed by atoms with Gasteiger partial charge >= 0.3 is 0 Å². The van der Waals surface area contributed by atoms with Crippen LogP contribution in [0.3, 0.4) is 0 Å². The molecule has 1 aromatic rings. The highest BCUT2D eigenvalue weighted by atomic mass is 32.1. The predicted octanol–water partition coefficient (Wildman–Crippen LogP) is 0.323. The Morgan fingerprint density at radius 1 is 1.65 bits per heavy atom. The number of hydrogen-bond donors (Lipinski definition) is 3. The van der Waals surface area contributed by atoms with Crippen molar-refractivity contribution in [3.63, 3.8) is 0 Å². The number of amides is 1. The maximum atomic E-state index is 11.4. The third-order valence-electron chi connectivity index (χ3n) is 3.15. The van der Waals surface area contributed by atoms with Gasteiger partial charge in [0.25, 0.3) is 5.91 Å². The first-order valence-corrected chi connectivity index (χ1v) is 7.36. The van der Waals surface area contributed by atoms with Gasteiger partial charge in [0.15, 0.2) is 0 Å². The zero-order chi connectivity index (χ0) is 14.8. The molecule has 0 bridgehead atoms. The number of ether oxygens (including phenoxy) is 1. The third-order valence-corrected chi connectivity index (χ3v) is 4.22. The first kappa shape index (κ1) is 15.4. The highest BCUT2D eigenvalue weighted by Gasteiger charge is 2.33. The van der Waals surface area contributed by atoms with E-state index in [0.717, 1.165) is 18.0 Å². The van der Waals surface area contributed by atoms with Gasteiger partial charge in [0.1, 0.15) is 0 Å². The SMILES string of the molecule is CC1(C)CN(Cc2ccc(C(=O)NN)s2)CC(CO)O1. The third kappa shape index (κ3) is 3.77. The van der Waals surface area contributed by atoms with Gasteiger partial charge in [-0.1, -0.05) is 0 Å². The fourth-order valence-electron chi connectivity index (χ4n) is 2.51. The van der Waals surface area contributed by atoms with Crippen LogP contribution in [0.5, 0.6) is 0 Å². The van der Waals surface area contributed by atoms with E-state index >= 15 is 0 Å². The summed E-state index contributed by atoms with van der Waals surface area (Å²) in [6.45, 7) is 6.28. The van der Waals surface area contributed by atoms with Crippen LogP contribution in [0.25, 0.3) is 0 Å². The second-order valence-electron chi connectivity index (χ2n) is 5.59. The molecule has 1 aliphatic rings. The minimum absolute atomic E-state index is 0.0190. The molecule has 1 aliphatic heterocycles. The molecule has 0 spiro atoms. The van der Waals surface area contributed by atoms with Crippen molar-refractivity contribution in [3.05, 3.63) is 21.9 Å². The van der Waals surface area contributed by atoms with Gasteiger partial charge in [0.05, 0.1) is 23.2 Å². The molecule has 112 valence electrons. The molecule has 0 saturated carbocycles. The second kappa shape index (κ2) is 6.19. The van der Waals surface area contributed by atoms with Crippen LogP contribution < -0.4 is 11.3 Å². The fraction of sp³-hybridized carbons (Fsp3) is 0.615. The van der Waals surface area contributed by atoms with Crippen LogP contribution in [0.4, 0.5) is 0 Å². The molecule has 2 heterocycles. The lowest BCUT2D eigenvalue weighted by molar-refractivity contribution is -0.150. The number of carbonyl (C=O) groups excluding carboxylic acids is 1. The first-order chi connectivity index (χ1) is 9.43. The number of nitrogen functional groups attached to an aromatic ring is 1. The average molecular weight is 299 g/mol. The Bertz CT molecular complexity index is 475. The lowest BCUT2D eigenvalue weighted by atomic mass is 10.1. The zero-order valence-corrected chi connectivity index (χ0v) is 12.6. The van der Waals surface area contributed by atoms with E-state index in [-0.39, 0.29) is 24.2 Å². The molecule has 0 aromatic carbocycles. The molecular weight excluding hydrogens is 278 g/mol. The van der Waals surface area contributed by atoms with Gasteiger partial charge in [-0.05, 0) is 26.0 Å². The van der Waals surface area contributed by atoms with E-state index in [0.29, 0.717) is 11.4 Å². The number of carbonyl (C=O) groups is 1. The summed E-state index contributed by atoms with van der Waals surface area (Å²) in [5.41, 5.74) is 1.85. The number of morpholine rings is 1. The van der Waals surface area contributed by atoms with Gasteiger partial charge in [0, 0.05) is 24.5 Å². The number of hydrogen-bond acceptors (Lipinski definition) is 6. The molecule has 1 saturated heterocycles. The molecule has 0 radical (unpaired) electrons. The van der Waals surface area contributed by atoms with Gasteiger partial charge in [-0.15, -0.1) is 11.3 Å². The molecule has 7 heteroatoms. The average Bonchev–Trinajstić information content (AvgIpc) is 2.84. The summed E-state index contributed by atoms with van der Waals surface area (Å²) < 4.78 is 5.78. The topological polar surface area (TPSA) is 87.8 Å². The summed E-state index contributed by atoms with van der Waals surface area (Å²) in [7, 11) is 0. The molecular formula is C13H21N3O3S. The number of aliphatic hydroxyl groups is 1. The largest absolute Gasteiger partial charge is 0.394 e. The highest BCUT2D eigenvalue weighted by Crippen LogP contribution is 2.24. The van der Waals surface area contributed by atoms with Gasteiger partial charge in [0.2, 0.25) is 0 Å². The monoisotopic (exact) mass is 299 g/mol. The van der Waals surface area contributed by atoms with E-state index in [2.05, 4.69) is 10.3 Å². The molecule has 1 amide bonds. The number of rotatable bonds is 4. The van der Waals surface area contributed by atoms with Crippen molar-refractivity contribution in [2.45, 2.75) is 32.1 Å². The van der Waals surface area contributed by atoms with Crippen LogP contribution in [0.1, 0.15) is 28.4 Å². The molecule has 2 rings (SSSR count). The van der Waals surface area contributed by atoms with Crippen LogP contribution in [0.2, 0.25) is 0 Å². The van der Waals surface area contributed by atoms with Crippen molar-refractivity contribution in [2.75, 3.05) is 19.7 Å². The zero-order valence-electron chi connectivity index (χ0n) is 11.8. The van der Waals surface area contributed by atoms with Crippen LogP contribution >= 0.6 is 11.3 Å². The molecule has 0 aliphatic carbocycles. The van der Waals surface area contributed by atoms with Gasteiger partial charge < -0.3 is 9.84 Å². The van der Waals surface area contributed by atoms with Crippen molar-refractivity contribution < 1.29 is 14.6 Å². The molecule has 4 N–H and O–H groups in total. The molecule has 6 nitrogen and oxygen atoms in total. The van der Waals surface area contributed by atoms with Crippen LogP contribution in [0.15, 0.2) is 12.1 Å². The van der Waals surface area contributed by atoms with E-state index in [1.165, 1.54) is 11.3 Å². The molecule has 1 fully saturated rings. The van der Waals surface area contributed by atoms with Crippen molar-refractivity contribution >= 4 is 17.2 Å². The molecule has 1 unspecified atom stereocenters. The molecule has 1 aromatic heterocycles. The maximum absolute atomic E-state index is 11.4. The number of hydrazine groups is 1. The quantitative estimate of drug-likeness (QED) is 0.423. The smallest absolute Gasteiger partial charge is 0.275 e. The Hall–Kier alpha value is -0.990. The number of nitrogens with two attached hydrogens (primary N) is 1. The summed E-state index contributed by atoms with van der Waals surface area (Å²) in [4.78, 5) is 15.4. The normalized spacial score (nSPS) is 22.7. The Kier molecular flexibility index (Phi) is 4.77. The summed E-state index contributed by atoms with van der Waals surface area (Å²) >= 11 is 1.43. The molecule has 1 atom stereocenters. The van der Waals surface area contributed by atoms with Crippen LogP contribution in [-0.4, -0.2) is 47.3 Å². The van der Waals surface area contributed by atoms with Crippen molar-refractivity contribution in [2.24, 2.45) is 5.84 Å². The van der Waals surface area contributed by atoms with Gasteiger partial charge in [-0.2, -0.15) is 0 Å². The van der Waals surface area contributed by atoms with E-state index < -0.39 is 0 Å². The van der Waals surface area contributed by atoms with E-state index in [9.17, 15) is 9.90 Å². The summed E-state index contributed by atoms with van der Waals surface area (Å²) in [5.74, 6) is 4.85. The lowest BCUT2D eigenvalue weighted by Crippen LogP contribution is -2.53. The van der Waals surface area contributed by atoms with E-state index in [1.807, 2.05) is 19.9 Å². The Labute approximate surface area is 122 Å². The van der Waals surface area contributed by atoms with E-state index in [4.69, 9.17) is 10.6 Å². The van der Waals surface area contributed by atoms with Crippen LogP contribution in [-0.2, 0) is 11.3 Å². The number of nitrogens with one attached hydrogen (secondary N) is 1. The van der Waals surface area contributed by atoms with Crippen molar-refractivity contribution in [3.8, 4) is 0 Å². The first-order valence-electron chi connectivity index (χ1n) is 6.54. The predicted molar refractivity (Wildman–Crippen MR) is 77.3 cm³/mol. The van der Waals surface area contributed by atoms with Crippen molar-refractivity contribution in [1.29, 1.82) is 0 Å². The fourth-order valence-corrected chi connectivity index (χ4v) is 3.46. The highest BCUT2D eigenvalue weighted by molar-refractivity contribution is 7.14. The summed E-state index contributed by atoms with van der Waals surface area (Å²) in [6, 6.07) is 3.71. The van der Waals surface area contributed by atoms with Gasteiger partial charge in [-0.25, -0.2) is 5.84 Å². The maximum Gasteiger partial charge on any atom is 0.275 e. The molecule has 20 heavy (non-hydrogen) atoms. The van der Waals surface area contributed by atoms with Crippen LogP contribution in [0, 0.1) is 0 Å². The standard InChI is InChI=1S/C13H21N3O3S/c1-13(2)8-16(5-9(7-17)19-13)6-10-3-4-11(20-10)12(18)15-14/h3-4,9,17H,5-8,14H2,1-2H3,(H,15,18). The second-order valence-corrected chi connectivity index (χ2v) is 6.76. The van der Waals surface area contributed by atoms with E-state index in [1.54, 1.807) is 6.07 Å². The Balaban J connectivity index is 2.01. The lowest BCUT2D eigenvalue weighted by Gasteiger charge is -2.42.